The average molecular weight is 303 g/mol. The van der Waals surface area contributed by atoms with Gasteiger partial charge in [0.05, 0.1) is 12.2 Å². The van der Waals surface area contributed by atoms with Gasteiger partial charge in [0.25, 0.3) is 0 Å². The zero-order valence-electron chi connectivity index (χ0n) is 11.8. The quantitative estimate of drug-likeness (QED) is 0.672. The summed E-state index contributed by atoms with van der Waals surface area (Å²) in [6, 6.07) is 0. The van der Waals surface area contributed by atoms with Gasteiger partial charge in [-0.05, 0) is 43.9 Å². The van der Waals surface area contributed by atoms with E-state index in [1.807, 2.05) is 0 Å². The maximum atomic E-state index is 6.37. The second kappa shape index (κ2) is 4.85. The van der Waals surface area contributed by atoms with Crippen LogP contribution in [0.1, 0.15) is 66.2 Å². The fraction of sp³-hybridized carbons (Fsp3) is 1.00. The smallest absolute Gasteiger partial charge is 0.0653 e. The molecule has 0 amide bonds. The van der Waals surface area contributed by atoms with Crippen LogP contribution in [0, 0.1) is 10.8 Å². The van der Waals surface area contributed by atoms with E-state index in [-0.39, 0.29) is 0 Å². The molecule has 0 saturated heterocycles. The third kappa shape index (κ3) is 2.73. The highest BCUT2D eigenvalue weighted by Gasteiger charge is 2.50. The lowest BCUT2D eigenvalue weighted by molar-refractivity contribution is -0.143. The van der Waals surface area contributed by atoms with E-state index in [0.29, 0.717) is 27.9 Å². The van der Waals surface area contributed by atoms with Crippen LogP contribution in [0.5, 0.6) is 0 Å². The summed E-state index contributed by atoms with van der Waals surface area (Å²) in [5.41, 5.74) is 0.915. The maximum absolute atomic E-state index is 6.37. The van der Waals surface area contributed by atoms with Crippen LogP contribution in [0.4, 0.5) is 0 Å². The van der Waals surface area contributed by atoms with Crippen molar-refractivity contribution in [2.45, 2.75) is 83.3 Å². The van der Waals surface area contributed by atoms with Crippen molar-refractivity contribution >= 4 is 15.9 Å². The standard InChI is InChI=1S/C15H27BrO/c1-5-15(4)12(16)10-13(15)17-11-6-8-14(2,3)9-7-11/h11-13H,5-10H2,1-4H3. The van der Waals surface area contributed by atoms with Crippen LogP contribution in [0.2, 0.25) is 0 Å². The highest BCUT2D eigenvalue weighted by Crippen LogP contribution is 2.51. The molecule has 2 fully saturated rings. The molecule has 0 aromatic rings. The van der Waals surface area contributed by atoms with Crippen LogP contribution in [0.25, 0.3) is 0 Å². The van der Waals surface area contributed by atoms with Gasteiger partial charge in [0.2, 0.25) is 0 Å². The maximum Gasteiger partial charge on any atom is 0.0653 e. The number of alkyl halides is 1. The highest BCUT2D eigenvalue weighted by molar-refractivity contribution is 9.09. The first-order valence-electron chi connectivity index (χ1n) is 7.17. The second-order valence-electron chi connectivity index (χ2n) is 7.05. The summed E-state index contributed by atoms with van der Waals surface area (Å²) < 4.78 is 6.37. The summed E-state index contributed by atoms with van der Waals surface area (Å²) >= 11 is 3.79. The van der Waals surface area contributed by atoms with Crippen molar-refractivity contribution in [3.05, 3.63) is 0 Å². The highest BCUT2D eigenvalue weighted by atomic mass is 79.9. The van der Waals surface area contributed by atoms with Crippen molar-refractivity contribution in [3.63, 3.8) is 0 Å². The van der Waals surface area contributed by atoms with Gasteiger partial charge in [-0.15, -0.1) is 0 Å². The van der Waals surface area contributed by atoms with Crippen LogP contribution >= 0.6 is 15.9 Å². The molecule has 17 heavy (non-hydrogen) atoms. The first kappa shape index (κ1) is 13.9. The summed E-state index contributed by atoms with van der Waals surface area (Å²) in [5.74, 6) is 0. The lowest BCUT2D eigenvalue weighted by atomic mass is 9.65. The lowest BCUT2D eigenvalue weighted by Gasteiger charge is -2.52. The zero-order chi connectivity index (χ0) is 12.7. The van der Waals surface area contributed by atoms with E-state index in [9.17, 15) is 0 Å². The van der Waals surface area contributed by atoms with Gasteiger partial charge in [-0.1, -0.05) is 43.6 Å². The Morgan fingerprint density at radius 2 is 1.76 bits per heavy atom. The SMILES string of the molecule is CCC1(C)C(Br)CC1OC1CCC(C)(C)CC1. The first-order chi connectivity index (χ1) is 7.87. The largest absolute Gasteiger partial charge is 0.374 e. The molecular formula is C15H27BrO. The van der Waals surface area contributed by atoms with Crippen LogP contribution < -0.4 is 0 Å². The Labute approximate surface area is 115 Å². The summed E-state index contributed by atoms with van der Waals surface area (Å²) in [6.07, 6.45) is 8.60. The molecule has 3 atom stereocenters. The van der Waals surface area contributed by atoms with Gasteiger partial charge >= 0.3 is 0 Å². The van der Waals surface area contributed by atoms with Gasteiger partial charge in [-0.25, -0.2) is 0 Å². The molecule has 0 aromatic carbocycles. The van der Waals surface area contributed by atoms with Gasteiger partial charge < -0.3 is 4.74 Å². The van der Waals surface area contributed by atoms with Crippen LogP contribution in [0.15, 0.2) is 0 Å². The molecule has 2 aliphatic carbocycles. The van der Waals surface area contributed by atoms with Gasteiger partial charge in [0.15, 0.2) is 0 Å². The number of ether oxygens (including phenoxy) is 1. The topological polar surface area (TPSA) is 9.23 Å². The average Bonchev–Trinajstić information content (AvgIpc) is 2.30. The van der Waals surface area contributed by atoms with E-state index in [0.717, 1.165) is 0 Å². The molecular weight excluding hydrogens is 276 g/mol. The molecule has 2 saturated carbocycles. The second-order valence-corrected chi connectivity index (χ2v) is 8.16. The molecule has 0 aliphatic heterocycles. The minimum atomic E-state index is 0.368. The molecule has 100 valence electrons. The molecule has 2 heteroatoms. The number of hydrogen-bond donors (Lipinski definition) is 0. The van der Waals surface area contributed by atoms with Gasteiger partial charge in [-0.2, -0.15) is 0 Å². The Bertz CT molecular complexity index is 266. The monoisotopic (exact) mass is 302 g/mol. The number of halogens is 1. The molecule has 0 heterocycles. The van der Waals surface area contributed by atoms with Crippen LogP contribution in [-0.2, 0) is 4.74 Å². The molecule has 0 N–H and O–H groups in total. The van der Waals surface area contributed by atoms with Gasteiger partial charge in [-0.3, -0.25) is 0 Å². The van der Waals surface area contributed by atoms with Crippen molar-refractivity contribution < 1.29 is 4.74 Å². The summed E-state index contributed by atoms with van der Waals surface area (Å²) in [4.78, 5) is 0.657. The molecule has 0 spiro atoms. The van der Waals surface area contributed by atoms with Gasteiger partial charge in [0, 0.05) is 10.2 Å². The van der Waals surface area contributed by atoms with Crippen LogP contribution in [-0.4, -0.2) is 17.0 Å². The number of rotatable bonds is 3. The molecule has 0 radical (unpaired) electrons. The molecule has 2 rings (SSSR count). The minimum absolute atomic E-state index is 0.368. The predicted molar refractivity (Wildman–Crippen MR) is 76.6 cm³/mol. The van der Waals surface area contributed by atoms with Crippen LogP contribution in [0.3, 0.4) is 0 Å². The molecule has 2 aliphatic rings. The lowest BCUT2D eigenvalue weighted by Crippen LogP contribution is -2.54. The van der Waals surface area contributed by atoms with Gasteiger partial charge in [0.1, 0.15) is 0 Å². The van der Waals surface area contributed by atoms with E-state index in [1.165, 1.54) is 38.5 Å². The predicted octanol–water partition coefficient (Wildman–Crippen LogP) is 4.92. The van der Waals surface area contributed by atoms with Crippen molar-refractivity contribution in [2.24, 2.45) is 10.8 Å². The third-order valence-corrected chi connectivity index (χ3v) is 6.70. The van der Waals surface area contributed by atoms with E-state index in [1.54, 1.807) is 0 Å². The van der Waals surface area contributed by atoms with E-state index < -0.39 is 0 Å². The van der Waals surface area contributed by atoms with E-state index >= 15 is 0 Å². The van der Waals surface area contributed by atoms with Crippen molar-refractivity contribution in [2.75, 3.05) is 0 Å². The normalized spacial score (nSPS) is 42.2. The Hall–Kier alpha value is 0.440. The fourth-order valence-electron chi connectivity index (χ4n) is 3.17. The Morgan fingerprint density at radius 1 is 1.18 bits per heavy atom. The Kier molecular flexibility index (Phi) is 3.95. The molecule has 0 aromatic heterocycles. The van der Waals surface area contributed by atoms with Crippen molar-refractivity contribution in [1.29, 1.82) is 0 Å². The molecule has 1 nitrogen and oxygen atoms in total. The Balaban J connectivity index is 1.83. The number of hydrogen-bond acceptors (Lipinski definition) is 1. The van der Waals surface area contributed by atoms with E-state index in [4.69, 9.17) is 4.74 Å². The Morgan fingerprint density at radius 3 is 2.24 bits per heavy atom. The van der Waals surface area contributed by atoms with E-state index in [2.05, 4.69) is 43.6 Å². The fourth-order valence-corrected chi connectivity index (χ4v) is 4.13. The summed E-state index contributed by atoms with van der Waals surface area (Å²) in [6.45, 7) is 9.43. The first-order valence-corrected chi connectivity index (χ1v) is 8.08. The summed E-state index contributed by atoms with van der Waals surface area (Å²) in [5, 5.41) is 0. The van der Waals surface area contributed by atoms with Crippen molar-refractivity contribution in [1.82, 2.24) is 0 Å². The zero-order valence-corrected chi connectivity index (χ0v) is 13.3. The molecule has 0 bridgehead atoms. The summed E-state index contributed by atoms with van der Waals surface area (Å²) in [7, 11) is 0. The minimum Gasteiger partial charge on any atom is -0.374 e. The molecule has 3 unspecified atom stereocenters. The van der Waals surface area contributed by atoms with Crippen molar-refractivity contribution in [3.8, 4) is 0 Å². The third-order valence-electron chi connectivity index (χ3n) is 5.28.